The highest BCUT2D eigenvalue weighted by atomic mass is 16.6. The van der Waals surface area contributed by atoms with Crippen molar-refractivity contribution in [1.29, 1.82) is 0 Å². The zero-order valence-corrected chi connectivity index (χ0v) is 13.2. The van der Waals surface area contributed by atoms with Gasteiger partial charge < -0.3 is 4.74 Å². The number of nitrogens with one attached hydrogen (secondary N) is 1. The average Bonchev–Trinajstić information content (AvgIpc) is 3.05. The maximum atomic E-state index is 11.8. The third-order valence-corrected chi connectivity index (χ3v) is 3.45. The molecule has 5 heteroatoms. The number of aromatic nitrogens is 1. The van der Waals surface area contributed by atoms with Crippen molar-refractivity contribution in [2.75, 3.05) is 5.32 Å². The maximum Gasteiger partial charge on any atom is 0.412 e. The van der Waals surface area contributed by atoms with Crippen LogP contribution in [0.15, 0.2) is 12.1 Å². The minimum Gasteiger partial charge on any atom is -0.444 e. The van der Waals surface area contributed by atoms with Gasteiger partial charge in [0.2, 0.25) is 0 Å². The third kappa shape index (κ3) is 4.03. The van der Waals surface area contributed by atoms with Crippen LogP contribution in [0.25, 0.3) is 0 Å². The highest BCUT2D eigenvalue weighted by Gasteiger charge is 2.41. The Kier molecular flexibility index (Phi) is 3.78. The molecule has 2 rings (SSSR count). The first-order chi connectivity index (χ1) is 9.59. The standard InChI is InChI=1S/C16H22N2O3/c1-10(19)12-8-11(17-14(20)21-15(2,3)4)9-13(18-12)16(5)6-7-16/h8-9H,6-7H2,1-5H3,(H,17,18,20). The van der Waals surface area contributed by atoms with Crippen molar-refractivity contribution in [3.8, 4) is 0 Å². The van der Waals surface area contributed by atoms with E-state index in [1.807, 2.05) is 6.07 Å². The fraction of sp³-hybridized carbons (Fsp3) is 0.562. The molecule has 0 aromatic carbocycles. The number of Topliss-reactive ketones (excluding diaryl/α,β-unsaturated/α-hetero) is 1. The number of ether oxygens (including phenoxy) is 1. The molecule has 0 aliphatic heterocycles. The Labute approximate surface area is 125 Å². The molecule has 0 bridgehead atoms. The molecule has 1 aliphatic rings. The van der Waals surface area contributed by atoms with E-state index < -0.39 is 11.7 Å². The molecule has 1 saturated carbocycles. The number of hydrogen-bond acceptors (Lipinski definition) is 4. The molecule has 21 heavy (non-hydrogen) atoms. The van der Waals surface area contributed by atoms with Crippen LogP contribution in [0.3, 0.4) is 0 Å². The quantitative estimate of drug-likeness (QED) is 0.862. The highest BCUT2D eigenvalue weighted by molar-refractivity contribution is 5.94. The second-order valence-electron chi connectivity index (χ2n) is 6.87. The lowest BCUT2D eigenvalue weighted by molar-refractivity contribution is 0.0635. The zero-order valence-electron chi connectivity index (χ0n) is 13.2. The first-order valence-corrected chi connectivity index (χ1v) is 7.13. The summed E-state index contributed by atoms with van der Waals surface area (Å²) >= 11 is 0. The van der Waals surface area contributed by atoms with Crippen molar-refractivity contribution >= 4 is 17.6 Å². The van der Waals surface area contributed by atoms with Crippen LogP contribution in [0.5, 0.6) is 0 Å². The molecular weight excluding hydrogens is 268 g/mol. The van der Waals surface area contributed by atoms with E-state index in [4.69, 9.17) is 4.74 Å². The monoisotopic (exact) mass is 290 g/mol. The topological polar surface area (TPSA) is 68.3 Å². The summed E-state index contributed by atoms with van der Waals surface area (Å²) in [5, 5.41) is 2.68. The van der Waals surface area contributed by atoms with Gasteiger partial charge in [0.15, 0.2) is 5.78 Å². The van der Waals surface area contributed by atoms with Crippen LogP contribution in [-0.2, 0) is 10.2 Å². The van der Waals surface area contributed by atoms with Gasteiger partial charge in [-0.25, -0.2) is 9.78 Å². The molecule has 1 aromatic rings. The van der Waals surface area contributed by atoms with Gasteiger partial charge >= 0.3 is 6.09 Å². The van der Waals surface area contributed by atoms with E-state index in [-0.39, 0.29) is 11.2 Å². The van der Waals surface area contributed by atoms with Gasteiger partial charge in [-0.3, -0.25) is 10.1 Å². The molecule has 1 N–H and O–H groups in total. The number of nitrogens with zero attached hydrogens (tertiary/aromatic N) is 1. The minimum absolute atomic E-state index is 0.0236. The molecule has 114 valence electrons. The number of carbonyl (C=O) groups is 2. The second kappa shape index (κ2) is 5.13. The predicted molar refractivity (Wildman–Crippen MR) is 80.7 cm³/mol. The van der Waals surface area contributed by atoms with Crippen molar-refractivity contribution in [3.63, 3.8) is 0 Å². The van der Waals surface area contributed by atoms with Crippen molar-refractivity contribution in [2.24, 2.45) is 0 Å². The minimum atomic E-state index is -0.564. The van der Waals surface area contributed by atoms with Crippen molar-refractivity contribution in [3.05, 3.63) is 23.5 Å². The Morgan fingerprint density at radius 3 is 2.38 bits per heavy atom. The average molecular weight is 290 g/mol. The van der Waals surface area contributed by atoms with E-state index in [1.165, 1.54) is 6.92 Å². The van der Waals surface area contributed by atoms with Gasteiger partial charge in [-0.2, -0.15) is 0 Å². The predicted octanol–water partition coefficient (Wildman–Crippen LogP) is 3.68. The number of ketones is 1. The van der Waals surface area contributed by atoms with E-state index in [2.05, 4.69) is 17.2 Å². The lowest BCUT2D eigenvalue weighted by Gasteiger charge is -2.20. The fourth-order valence-corrected chi connectivity index (χ4v) is 1.96. The van der Waals surface area contributed by atoms with Crippen LogP contribution in [0, 0.1) is 0 Å². The van der Waals surface area contributed by atoms with E-state index >= 15 is 0 Å². The largest absolute Gasteiger partial charge is 0.444 e. The van der Waals surface area contributed by atoms with Crippen molar-refractivity contribution < 1.29 is 14.3 Å². The lowest BCUT2D eigenvalue weighted by atomic mass is 10.0. The van der Waals surface area contributed by atoms with Crippen LogP contribution in [-0.4, -0.2) is 22.5 Å². The lowest BCUT2D eigenvalue weighted by Crippen LogP contribution is -2.27. The summed E-state index contributed by atoms with van der Waals surface area (Å²) in [4.78, 5) is 27.9. The molecule has 0 spiro atoms. The van der Waals surface area contributed by atoms with Gasteiger partial charge in [-0.1, -0.05) is 6.92 Å². The smallest absolute Gasteiger partial charge is 0.412 e. The maximum absolute atomic E-state index is 11.8. The highest BCUT2D eigenvalue weighted by Crippen LogP contribution is 2.47. The SMILES string of the molecule is CC(=O)c1cc(NC(=O)OC(C)(C)C)cc(C2(C)CC2)n1. The number of anilines is 1. The molecule has 1 amide bonds. The van der Waals surface area contributed by atoms with Crippen LogP contribution in [0.2, 0.25) is 0 Å². The Balaban J connectivity index is 2.24. The first kappa shape index (κ1) is 15.5. The second-order valence-corrected chi connectivity index (χ2v) is 6.87. The molecule has 0 unspecified atom stereocenters. The van der Waals surface area contributed by atoms with Gasteiger partial charge in [0.25, 0.3) is 0 Å². The molecular formula is C16H22N2O3. The normalized spacial score (nSPS) is 16.2. The molecule has 0 saturated heterocycles. The van der Waals surface area contributed by atoms with Gasteiger partial charge in [-0.05, 0) is 45.7 Å². The third-order valence-electron chi connectivity index (χ3n) is 3.45. The number of carbonyl (C=O) groups excluding carboxylic acids is 2. The Hall–Kier alpha value is -1.91. The van der Waals surface area contributed by atoms with Gasteiger partial charge in [0, 0.05) is 23.7 Å². The van der Waals surface area contributed by atoms with Crippen LogP contribution < -0.4 is 5.32 Å². The molecule has 1 aliphatic carbocycles. The summed E-state index contributed by atoms with van der Waals surface area (Å²) in [5.41, 5.74) is 1.22. The number of pyridine rings is 1. The molecule has 1 aromatic heterocycles. The Morgan fingerprint density at radius 1 is 1.29 bits per heavy atom. The van der Waals surface area contributed by atoms with Crippen LogP contribution in [0.1, 0.15) is 63.6 Å². The number of hydrogen-bond donors (Lipinski definition) is 1. The van der Waals surface area contributed by atoms with Gasteiger partial charge in [0.05, 0.1) is 0 Å². The molecule has 1 heterocycles. The first-order valence-electron chi connectivity index (χ1n) is 7.13. The van der Waals surface area contributed by atoms with E-state index in [9.17, 15) is 9.59 Å². The van der Waals surface area contributed by atoms with E-state index in [1.54, 1.807) is 26.8 Å². The van der Waals surface area contributed by atoms with Crippen molar-refractivity contribution in [1.82, 2.24) is 4.98 Å². The van der Waals surface area contributed by atoms with Gasteiger partial charge in [0.1, 0.15) is 11.3 Å². The molecule has 0 atom stereocenters. The zero-order chi connectivity index (χ0) is 15.8. The van der Waals surface area contributed by atoms with Crippen LogP contribution >= 0.6 is 0 Å². The molecule has 5 nitrogen and oxygen atoms in total. The van der Waals surface area contributed by atoms with Gasteiger partial charge in [-0.15, -0.1) is 0 Å². The number of amides is 1. The molecule has 1 fully saturated rings. The summed E-state index contributed by atoms with van der Waals surface area (Å²) in [6.07, 6.45) is 1.57. The fourth-order valence-electron chi connectivity index (χ4n) is 1.96. The van der Waals surface area contributed by atoms with Crippen LogP contribution in [0.4, 0.5) is 10.5 Å². The summed E-state index contributed by atoms with van der Waals surface area (Å²) in [5.74, 6) is -0.117. The molecule has 0 radical (unpaired) electrons. The Bertz CT molecular complexity index is 584. The number of rotatable bonds is 3. The van der Waals surface area contributed by atoms with E-state index in [0.29, 0.717) is 11.4 Å². The summed E-state index contributed by atoms with van der Waals surface area (Å²) < 4.78 is 5.23. The summed E-state index contributed by atoms with van der Waals surface area (Å²) in [7, 11) is 0. The summed E-state index contributed by atoms with van der Waals surface area (Å²) in [6.45, 7) is 8.99. The van der Waals surface area contributed by atoms with Crippen molar-refractivity contribution in [2.45, 2.75) is 58.5 Å². The summed E-state index contributed by atoms with van der Waals surface area (Å²) in [6, 6.07) is 3.41. The Morgan fingerprint density at radius 2 is 1.90 bits per heavy atom. The van der Waals surface area contributed by atoms with E-state index in [0.717, 1.165) is 18.5 Å².